The van der Waals surface area contributed by atoms with Crippen LogP contribution in [-0.2, 0) is 14.3 Å². The number of esters is 1. The highest BCUT2D eigenvalue weighted by atomic mass is 16.5. The molecule has 0 atom stereocenters. The van der Waals surface area contributed by atoms with E-state index in [4.69, 9.17) is 9.84 Å². The lowest BCUT2D eigenvalue weighted by Crippen LogP contribution is -2.23. The van der Waals surface area contributed by atoms with Gasteiger partial charge in [-0.15, -0.1) is 0 Å². The Kier molecular flexibility index (Phi) is 7.53. The van der Waals surface area contributed by atoms with Crippen LogP contribution in [0.25, 0.3) is 0 Å². The van der Waals surface area contributed by atoms with E-state index in [1.54, 1.807) is 0 Å². The van der Waals surface area contributed by atoms with Gasteiger partial charge in [0, 0.05) is 6.42 Å². The van der Waals surface area contributed by atoms with Crippen molar-refractivity contribution >= 4 is 11.9 Å². The summed E-state index contributed by atoms with van der Waals surface area (Å²) in [4.78, 5) is 22.0. The lowest BCUT2D eigenvalue weighted by molar-refractivity contribution is -0.149. The smallest absolute Gasteiger partial charge is 0.308 e. The molecule has 0 unspecified atom stereocenters. The fraction of sp³-hybridized carbons (Fsp3) is 0.867. The van der Waals surface area contributed by atoms with Crippen LogP contribution in [0.5, 0.6) is 0 Å². The lowest BCUT2D eigenvalue weighted by Gasteiger charge is -2.27. The van der Waals surface area contributed by atoms with Gasteiger partial charge in [0.2, 0.25) is 0 Å². The van der Waals surface area contributed by atoms with Crippen molar-refractivity contribution in [3.8, 4) is 0 Å². The van der Waals surface area contributed by atoms with Crippen molar-refractivity contribution in [2.45, 2.75) is 64.7 Å². The zero-order valence-electron chi connectivity index (χ0n) is 11.9. The van der Waals surface area contributed by atoms with Crippen molar-refractivity contribution in [1.82, 2.24) is 0 Å². The predicted molar refractivity (Wildman–Crippen MR) is 72.8 cm³/mol. The third-order valence-electron chi connectivity index (χ3n) is 3.97. The van der Waals surface area contributed by atoms with E-state index >= 15 is 0 Å². The van der Waals surface area contributed by atoms with Crippen LogP contribution in [0.2, 0.25) is 0 Å². The van der Waals surface area contributed by atoms with Gasteiger partial charge >= 0.3 is 11.9 Å². The quantitative estimate of drug-likeness (QED) is 0.542. The second-order valence-corrected chi connectivity index (χ2v) is 5.46. The third-order valence-corrected chi connectivity index (χ3v) is 3.97. The van der Waals surface area contributed by atoms with E-state index in [9.17, 15) is 9.59 Å². The maximum Gasteiger partial charge on any atom is 0.308 e. The van der Waals surface area contributed by atoms with Crippen molar-refractivity contribution in [1.29, 1.82) is 0 Å². The first-order valence-corrected chi connectivity index (χ1v) is 7.52. The zero-order valence-corrected chi connectivity index (χ0v) is 11.9. The molecule has 19 heavy (non-hydrogen) atoms. The van der Waals surface area contributed by atoms with E-state index in [1.165, 1.54) is 6.42 Å². The van der Waals surface area contributed by atoms with Gasteiger partial charge in [0.1, 0.15) is 0 Å². The van der Waals surface area contributed by atoms with E-state index in [0.29, 0.717) is 6.61 Å². The minimum atomic E-state index is -0.699. The average Bonchev–Trinajstić information content (AvgIpc) is 2.39. The van der Waals surface area contributed by atoms with Crippen LogP contribution in [0.1, 0.15) is 64.7 Å². The van der Waals surface area contributed by atoms with Crippen molar-refractivity contribution < 1.29 is 19.4 Å². The maximum absolute atomic E-state index is 11.6. The van der Waals surface area contributed by atoms with Gasteiger partial charge < -0.3 is 9.84 Å². The minimum Gasteiger partial charge on any atom is -0.481 e. The van der Waals surface area contributed by atoms with E-state index in [1.807, 2.05) is 6.92 Å². The van der Waals surface area contributed by atoms with Crippen LogP contribution in [0.4, 0.5) is 0 Å². The summed E-state index contributed by atoms with van der Waals surface area (Å²) in [5, 5.41) is 8.54. The molecule has 0 aromatic heterocycles. The lowest BCUT2D eigenvalue weighted by atomic mass is 9.80. The Morgan fingerprint density at radius 1 is 1.11 bits per heavy atom. The van der Waals surface area contributed by atoms with E-state index in [0.717, 1.165) is 50.9 Å². The Morgan fingerprint density at radius 3 is 2.37 bits per heavy atom. The molecular formula is C15H26O4. The Bertz CT molecular complexity index is 280. The van der Waals surface area contributed by atoms with E-state index in [2.05, 4.69) is 0 Å². The number of aliphatic carboxylic acids is 1. The summed E-state index contributed by atoms with van der Waals surface area (Å²) in [7, 11) is 0. The summed E-state index contributed by atoms with van der Waals surface area (Å²) in [5.41, 5.74) is 0. The molecule has 0 amide bonds. The average molecular weight is 270 g/mol. The Morgan fingerprint density at radius 2 is 1.79 bits per heavy atom. The molecule has 0 aromatic carbocycles. The minimum absolute atomic E-state index is 0.0255. The molecular weight excluding hydrogens is 244 g/mol. The highest BCUT2D eigenvalue weighted by Crippen LogP contribution is 2.32. The van der Waals surface area contributed by atoms with Crippen molar-refractivity contribution in [3.63, 3.8) is 0 Å². The number of hydrogen-bond donors (Lipinski definition) is 1. The van der Waals surface area contributed by atoms with Crippen LogP contribution in [0, 0.1) is 11.8 Å². The summed E-state index contributed by atoms with van der Waals surface area (Å²) in [6.45, 7) is 2.32. The number of carbonyl (C=O) groups excluding carboxylic acids is 1. The SMILES string of the molecule is CCOC(=O)C1CCC(CCCCCC(=O)O)CC1. The first kappa shape index (κ1) is 16.0. The summed E-state index contributed by atoms with van der Waals surface area (Å²) in [6.07, 6.45) is 8.51. The second kappa shape index (κ2) is 8.94. The van der Waals surface area contributed by atoms with Gasteiger partial charge in [-0.3, -0.25) is 9.59 Å². The topological polar surface area (TPSA) is 63.6 Å². The molecule has 0 aromatic rings. The maximum atomic E-state index is 11.6. The number of hydrogen-bond acceptors (Lipinski definition) is 3. The molecule has 0 bridgehead atoms. The zero-order chi connectivity index (χ0) is 14.1. The number of carbonyl (C=O) groups is 2. The van der Waals surface area contributed by atoms with Gasteiger partial charge in [-0.25, -0.2) is 0 Å². The highest BCUT2D eigenvalue weighted by molar-refractivity contribution is 5.72. The Hall–Kier alpha value is -1.06. The Balaban J connectivity index is 2.06. The molecule has 1 aliphatic rings. The number of ether oxygens (including phenoxy) is 1. The predicted octanol–water partition coefficient (Wildman–Crippen LogP) is 3.39. The standard InChI is InChI=1S/C15H26O4/c1-2-19-15(18)13-10-8-12(9-11-13)6-4-3-5-7-14(16)17/h12-13H,2-11H2,1H3,(H,16,17). The van der Waals surface area contributed by atoms with Crippen LogP contribution < -0.4 is 0 Å². The molecule has 1 fully saturated rings. The number of carboxylic acid groups (broad SMARTS) is 1. The first-order valence-electron chi connectivity index (χ1n) is 7.52. The molecule has 110 valence electrons. The van der Waals surface area contributed by atoms with Crippen molar-refractivity contribution in [2.24, 2.45) is 11.8 Å². The number of rotatable bonds is 8. The largest absolute Gasteiger partial charge is 0.481 e. The second-order valence-electron chi connectivity index (χ2n) is 5.46. The molecule has 1 N–H and O–H groups in total. The van der Waals surface area contributed by atoms with Crippen molar-refractivity contribution in [2.75, 3.05) is 6.61 Å². The summed E-state index contributed by atoms with van der Waals surface area (Å²) in [5.74, 6) is 0.107. The molecule has 0 saturated heterocycles. The third kappa shape index (κ3) is 6.60. The van der Waals surface area contributed by atoms with Crippen LogP contribution in [0.15, 0.2) is 0 Å². The molecule has 1 aliphatic carbocycles. The molecule has 1 rings (SSSR count). The first-order chi connectivity index (χ1) is 9.13. The monoisotopic (exact) mass is 270 g/mol. The Labute approximate surface area is 115 Å². The van der Waals surface area contributed by atoms with Gasteiger partial charge in [-0.2, -0.15) is 0 Å². The summed E-state index contributed by atoms with van der Waals surface area (Å²) in [6, 6.07) is 0. The fourth-order valence-electron chi connectivity index (χ4n) is 2.83. The summed E-state index contributed by atoms with van der Waals surface area (Å²) < 4.78 is 5.06. The molecule has 0 aliphatic heterocycles. The van der Waals surface area contributed by atoms with Crippen LogP contribution in [-0.4, -0.2) is 23.7 Å². The molecule has 1 saturated carbocycles. The van der Waals surface area contributed by atoms with Crippen LogP contribution in [0.3, 0.4) is 0 Å². The van der Waals surface area contributed by atoms with Gasteiger partial charge in [-0.05, 0) is 44.9 Å². The van der Waals surface area contributed by atoms with Gasteiger partial charge in [0.15, 0.2) is 0 Å². The highest BCUT2D eigenvalue weighted by Gasteiger charge is 2.26. The fourth-order valence-corrected chi connectivity index (χ4v) is 2.83. The van der Waals surface area contributed by atoms with Crippen molar-refractivity contribution in [3.05, 3.63) is 0 Å². The molecule has 0 heterocycles. The summed E-state index contributed by atoms with van der Waals surface area (Å²) >= 11 is 0. The number of unbranched alkanes of at least 4 members (excludes halogenated alkanes) is 2. The molecule has 4 heteroatoms. The molecule has 0 spiro atoms. The van der Waals surface area contributed by atoms with E-state index < -0.39 is 5.97 Å². The van der Waals surface area contributed by atoms with Gasteiger partial charge in [-0.1, -0.05) is 19.3 Å². The van der Waals surface area contributed by atoms with Gasteiger partial charge in [0.25, 0.3) is 0 Å². The normalized spacial score (nSPS) is 23.0. The van der Waals surface area contributed by atoms with Gasteiger partial charge in [0.05, 0.1) is 12.5 Å². The number of carboxylic acids is 1. The van der Waals surface area contributed by atoms with E-state index in [-0.39, 0.29) is 18.3 Å². The molecule has 0 radical (unpaired) electrons. The van der Waals surface area contributed by atoms with Crippen LogP contribution >= 0.6 is 0 Å². The molecule has 4 nitrogen and oxygen atoms in total.